The van der Waals surface area contributed by atoms with Crippen LogP contribution in [-0.4, -0.2) is 66.8 Å². The lowest BCUT2D eigenvalue weighted by atomic mass is 10.0. The summed E-state index contributed by atoms with van der Waals surface area (Å²) in [5.41, 5.74) is 0.654. The lowest BCUT2D eigenvalue weighted by Gasteiger charge is -2.36. The first-order chi connectivity index (χ1) is 11.0. The molecule has 1 aliphatic heterocycles. The van der Waals surface area contributed by atoms with Crippen LogP contribution in [0, 0.1) is 5.82 Å². The van der Waals surface area contributed by atoms with Crippen LogP contribution in [0.1, 0.15) is 24.9 Å². The van der Waals surface area contributed by atoms with Gasteiger partial charge in [0.25, 0.3) is 0 Å². The predicted molar refractivity (Wildman–Crippen MR) is 85.5 cm³/mol. The third-order valence-corrected chi connectivity index (χ3v) is 4.07. The first-order valence-electron chi connectivity index (χ1n) is 7.99. The number of ether oxygens (including phenoxy) is 1. The number of nitrogens with zero attached hydrogens (tertiary/aromatic N) is 2. The zero-order chi connectivity index (χ0) is 16.8. The Balaban J connectivity index is 2.20. The number of aliphatic hydroxyl groups excluding tert-OH is 1. The van der Waals surface area contributed by atoms with Gasteiger partial charge in [0.2, 0.25) is 5.91 Å². The maximum atomic E-state index is 13.6. The molecule has 23 heavy (non-hydrogen) atoms. The second-order valence-electron chi connectivity index (χ2n) is 6.00. The summed E-state index contributed by atoms with van der Waals surface area (Å²) in [7, 11) is 1.72. The van der Waals surface area contributed by atoms with E-state index in [1.54, 1.807) is 31.0 Å². The molecule has 1 fully saturated rings. The zero-order valence-electron chi connectivity index (χ0n) is 13.7. The minimum atomic E-state index is -0.520. The van der Waals surface area contributed by atoms with Crippen LogP contribution >= 0.6 is 0 Å². The van der Waals surface area contributed by atoms with Crippen LogP contribution in [0.2, 0.25) is 0 Å². The summed E-state index contributed by atoms with van der Waals surface area (Å²) in [6.07, 6.45) is 0.0579. The topological polar surface area (TPSA) is 53.0 Å². The first-order valence-corrected chi connectivity index (χ1v) is 7.99. The van der Waals surface area contributed by atoms with E-state index in [0.29, 0.717) is 44.8 Å². The average Bonchev–Trinajstić information content (AvgIpc) is 2.54. The molecule has 2 unspecified atom stereocenters. The van der Waals surface area contributed by atoms with Gasteiger partial charge in [0.05, 0.1) is 19.3 Å². The van der Waals surface area contributed by atoms with Gasteiger partial charge in [-0.1, -0.05) is 12.1 Å². The normalized spacial score (nSPS) is 18.4. The minimum absolute atomic E-state index is 0.0850. The van der Waals surface area contributed by atoms with Gasteiger partial charge >= 0.3 is 0 Å². The third-order valence-electron chi connectivity index (χ3n) is 4.07. The Hall–Kier alpha value is -1.50. The van der Waals surface area contributed by atoms with Gasteiger partial charge in [-0.2, -0.15) is 0 Å². The van der Waals surface area contributed by atoms with Gasteiger partial charge in [-0.15, -0.1) is 0 Å². The van der Waals surface area contributed by atoms with Crippen molar-refractivity contribution in [2.45, 2.75) is 25.5 Å². The molecule has 5 nitrogen and oxygen atoms in total. The summed E-state index contributed by atoms with van der Waals surface area (Å²) in [5.74, 6) is -0.432. The Morgan fingerprint density at radius 3 is 2.74 bits per heavy atom. The van der Waals surface area contributed by atoms with Gasteiger partial charge in [0, 0.05) is 26.7 Å². The van der Waals surface area contributed by atoms with Crippen LogP contribution in [0.3, 0.4) is 0 Å². The molecule has 0 saturated carbocycles. The molecule has 1 N–H and O–H groups in total. The highest BCUT2D eigenvalue weighted by atomic mass is 19.1. The number of carbonyl (C=O) groups is 1. The fourth-order valence-corrected chi connectivity index (χ4v) is 2.72. The van der Waals surface area contributed by atoms with E-state index in [9.17, 15) is 14.3 Å². The molecule has 0 spiro atoms. The molecule has 6 heteroatoms. The number of aliphatic hydroxyl groups is 1. The first kappa shape index (κ1) is 17.8. The van der Waals surface area contributed by atoms with E-state index in [2.05, 4.69) is 0 Å². The lowest BCUT2D eigenvalue weighted by Crippen LogP contribution is -2.46. The van der Waals surface area contributed by atoms with Crippen molar-refractivity contribution >= 4 is 5.91 Å². The van der Waals surface area contributed by atoms with Crippen molar-refractivity contribution in [3.63, 3.8) is 0 Å². The van der Waals surface area contributed by atoms with Crippen molar-refractivity contribution in [3.8, 4) is 0 Å². The molecule has 2 rings (SSSR count). The number of hydrogen-bond donors (Lipinski definition) is 1. The molecule has 1 saturated heterocycles. The molecule has 0 aromatic heterocycles. The van der Waals surface area contributed by atoms with Gasteiger partial charge in [-0.3, -0.25) is 9.69 Å². The summed E-state index contributed by atoms with van der Waals surface area (Å²) in [6, 6.07) is 5.68. The molecule has 0 radical (unpaired) electrons. The Kier molecular flexibility index (Phi) is 6.50. The van der Waals surface area contributed by atoms with E-state index >= 15 is 0 Å². The lowest BCUT2D eigenvalue weighted by molar-refractivity contribution is -0.138. The predicted octanol–water partition coefficient (Wildman–Crippen LogP) is 1.43. The zero-order valence-corrected chi connectivity index (χ0v) is 13.7. The maximum absolute atomic E-state index is 13.6. The van der Waals surface area contributed by atoms with Crippen molar-refractivity contribution < 1.29 is 19.0 Å². The number of likely N-dealkylation sites (N-methyl/N-ethyl adjacent to an activating group) is 1. The average molecular weight is 324 g/mol. The van der Waals surface area contributed by atoms with Gasteiger partial charge in [0.1, 0.15) is 11.9 Å². The fraction of sp³-hybridized carbons (Fsp3) is 0.588. The Labute approximate surface area is 136 Å². The van der Waals surface area contributed by atoms with Crippen molar-refractivity contribution in [2.75, 3.05) is 39.9 Å². The number of rotatable bonds is 6. The quantitative estimate of drug-likeness (QED) is 0.860. The molecule has 0 bridgehead atoms. The standard InChI is InChI=1S/C17H25FN2O3/c1-13(21)6-7-19(2)17(22)16(20-8-10-23-11-9-20)14-4-3-5-15(18)12-14/h3-5,12-13,16,21H,6-11H2,1-2H3. The molecule has 0 aliphatic carbocycles. The number of benzene rings is 1. The van der Waals surface area contributed by atoms with Crippen LogP contribution in [0.25, 0.3) is 0 Å². The summed E-state index contributed by atoms with van der Waals surface area (Å²) < 4.78 is 19.0. The number of amides is 1. The van der Waals surface area contributed by atoms with Gasteiger partial charge in [-0.05, 0) is 31.0 Å². The summed E-state index contributed by atoms with van der Waals surface area (Å²) in [6.45, 7) is 4.57. The number of carbonyl (C=O) groups excluding carboxylic acids is 1. The second-order valence-corrected chi connectivity index (χ2v) is 6.00. The van der Waals surface area contributed by atoms with E-state index in [1.807, 2.05) is 4.90 Å². The number of halogens is 1. The largest absolute Gasteiger partial charge is 0.393 e. The summed E-state index contributed by atoms with van der Waals surface area (Å²) in [4.78, 5) is 16.5. The van der Waals surface area contributed by atoms with Crippen LogP contribution < -0.4 is 0 Å². The van der Waals surface area contributed by atoms with E-state index in [0.717, 1.165) is 0 Å². The summed E-state index contributed by atoms with van der Waals surface area (Å²) in [5, 5.41) is 9.41. The number of hydrogen-bond acceptors (Lipinski definition) is 4. The van der Waals surface area contributed by atoms with Crippen molar-refractivity contribution in [1.29, 1.82) is 0 Å². The minimum Gasteiger partial charge on any atom is -0.393 e. The molecule has 2 atom stereocenters. The van der Waals surface area contributed by atoms with E-state index in [-0.39, 0.29) is 11.7 Å². The highest BCUT2D eigenvalue weighted by Gasteiger charge is 2.31. The van der Waals surface area contributed by atoms with E-state index in [4.69, 9.17) is 4.74 Å². The smallest absolute Gasteiger partial charge is 0.244 e. The van der Waals surface area contributed by atoms with Crippen molar-refractivity contribution in [3.05, 3.63) is 35.6 Å². The maximum Gasteiger partial charge on any atom is 0.244 e. The Bertz CT molecular complexity index is 518. The molecular formula is C17H25FN2O3. The Morgan fingerprint density at radius 2 is 2.13 bits per heavy atom. The van der Waals surface area contributed by atoms with Gasteiger partial charge in [-0.25, -0.2) is 4.39 Å². The Morgan fingerprint density at radius 1 is 1.43 bits per heavy atom. The van der Waals surface area contributed by atoms with Crippen LogP contribution in [0.4, 0.5) is 4.39 Å². The monoisotopic (exact) mass is 324 g/mol. The highest BCUT2D eigenvalue weighted by Crippen LogP contribution is 2.25. The van der Waals surface area contributed by atoms with E-state index < -0.39 is 12.1 Å². The third kappa shape index (κ3) is 4.99. The molecule has 1 amide bonds. The summed E-state index contributed by atoms with van der Waals surface area (Å²) >= 11 is 0. The van der Waals surface area contributed by atoms with Crippen molar-refractivity contribution in [1.82, 2.24) is 9.80 Å². The number of morpholine rings is 1. The highest BCUT2D eigenvalue weighted by molar-refractivity contribution is 5.83. The molecule has 1 aromatic rings. The molecule has 1 heterocycles. The SMILES string of the molecule is CC(O)CCN(C)C(=O)C(c1cccc(F)c1)N1CCOCC1. The molecular weight excluding hydrogens is 299 g/mol. The molecule has 1 aliphatic rings. The van der Waals surface area contributed by atoms with Gasteiger partial charge in [0.15, 0.2) is 0 Å². The van der Waals surface area contributed by atoms with Crippen LogP contribution in [0.5, 0.6) is 0 Å². The van der Waals surface area contributed by atoms with Gasteiger partial charge < -0.3 is 14.7 Å². The second kappa shape index (κ2) is 8.38. The fourth-order valence-electron chi connectivity index (χ4n) is 2.72. The van der Waals surface area contributed by atoms with Crippen LogP contribution in [-0.2, 0) is 9.53 Å². The molecule has 128 valence electrons. The van der Waals surface area contributed by atoms with E-state index in [1.165, 1.54) is 12.1 Å². The van der Waals surface area contributed by atoms with Crippen molar-refractivity contribution in [2.24, 2.45) is 0 Å². The molecule has 1 aromatic carbocycles. The van der Waals surface area contributed by atoms with Crippen LogP contribution in [0.15, 0.2) is 24.3 Å².